The molecule has 0 atom stereocenters. The largest absolute Gasteiger partial charge is 0.495 e. The predicted octanol–water partition coefficient (Wildman–Crippen LogP) is 0.836. The summed E-state index contributed by atoms with van der Waals surface area (Å²) in [6.07, 6.45) is 1.51. The van der Waals surface area contributed by atoms with Crippen molar-refractivity contribution in [2.45, 2.75) is 11.3 Å². The molecule has 1 aromatic heterocycles. The molecule has 0 unspecified atom stereocenters. The summed E-state index contributed by atoms with van der Waals surface area (Å²) in [5.41, 5.74) is 0.585. The summed E-state index contributed by atoms with van der Waals surface area (Å²) in [6.45, 7) is 2.85. The summed E-state index contributed by atoms with van der Waals surface area (Å²) in [6, 6.07) is 8.07. The molecule has 2 aromatic rings. The van der Waals surface area contributed by atoms with Gasteiger partial charge >= 0.3 is 0 Å². The van der Waals surface area contributed by atoms with Crippen molar-refractivity contribution in [1.29, 1.82) is 0 Å². The lowest BCUT2D eigenvalue weighted by atomic mass is 10.1. The monoisotopic (exact) mass is 477 g/mol. The van der Waals surface area contributed by atoms with Crippen LogP contribution in [0.5, 0.6) is 5.75 Å². The van der Waals surface area contributed by atoms with E-state index < -0.39 is 10.0 Å². The molecule has 10 nitrogen and oxygen atoms in total. The minimum Gasteiger partial charge on any atom is -0.495 e. The lowest BCUT2D eigenvalue weighted by Crippen LogP contribution is -2.50. The minimum absolute atomic E-state index is 0.0473. The Labute approximate surface area is 192 Å². The number of sulfonamides is 1. The number of benzene rings is 1. The quantitative estimate of drug-likeness (QED) is 0.606. The standard InChI is InChI=1S/C22H27N3O7S/c1-30-18-5-4-17(15-20(18)33(28,29)25-10-13-31-14-11-25)16-21(26)23-6-8-24(9-7-23)22(27)19-3-2-12-32-19/h2-5,12,15H,6-11,13-14,16H2,1H3. The maximum absolute atomic E-state index is 13.2. The number of rotatable bonds is 6. The third-order valence-corrected chi connectivity index (χ3v) is 7.74. The van der Waals surface area contributed by atoms with Crippen molar-refractivity contribution in [2.75, 3.05) is 59.6 Å². The van der Waals surface area contributed by atoms with E-state index in [4.69, 9.17) is 13.9 Å². The van der Waals surface area contributed by atoms with Crippen molar-refractivity contribution < 1.29 is 31.9 Å². The fraction of sp³-hybridized carbons (Fsp3) is 0.455. The molecule has 2 amide bonds. The Bertz CT molecular complexity index is 1090. The van der Waals surface area contributed by atoms with Gasteiger partial charge in [-0.2, -0.15) is 4.31 Å². The van der Waals surface area contributed by atoms with Crippen molar-refractivity contribution in [1.82, 2.24) is 14.1 Å². The Morgan fingerprint density at radius 2 is 1.70 bits per heavy atom. The predicted molar refractivity (Wildman–Crippen MR) is 117 cm³/mol. The van der Waals surface area contributed by atoms with Crippen molar-refractivity contribution in [3.05, 3.63) is 47.9 Å². The number of ether oxygens (including phenoxy) is 2. The minimum atomic E-state index is -3.78. The highest BCUT2D eigenvalue weighted by atomic mass is 32.2. The molecule has 2 fully saturated rings. The van der Waals surface area contributed by atoms with Crippen molar-refractivity contribution in [3.63, 3.8) is 0 Å². The van der Waals surface area contributed by atoms with Gasteiger partial charge in [0.25, 0.3) is 5.91 Å². The highest BCUT2D eigenvalue weighted by Gasteiger charge is 2.30. The molecule has 178 valence electrons. The molecule has 4 rings (SSSR count). The van der Waals surface area contributed by atoms with Crippen LogP contribution in [0.15, 0.2) is 45.9 Å². The number of furan rings is 1. The average Bonchev–Trinajstić information content (AvgIpc) is 3.39. The fourth-order valence-corrected chi connectivity index (χ4v) is 5.57. The number of carbonyl (C=O) groups is 2. The second-order valence-electron chi connectivity index (χ2n) is 7.83. The Hall–Kier alpha value is -2.89. The number of nitrogens with zero attached hydrogens (tertiary/aromatic N) is 3. The lowest BCUT2D eigenvalue weighted by Gasteiger charge is -2.34. The SMILES string of the molecule is COc1ccc(CC(=O)N2CCN(C(=O)c3ccco3)CC2)cc1S(=O)(=O)N1CCOCC1. The van der Waals surface area contributed by atoms with E-state index in [1.54, 1.807) is 34.1 Å². The summed E-state index contributed by atoms with van der Waals surface area (Å²) >= 11 is 0. The van der Waals surface area contributed by atoms with E-state index in [1.807, 2.05) is 0 Å². The van der Waals surface area contributed by atoms with Crippen molar-refractivity contribution in [2.24, 2.45) is 0 Å². The number of methoxy groups -OCH3 is 1. The first kappa shape index (κ1) is 23.3. The van der Waals surface area contributed by atoms with Gasteiger partial charge in [-0.25, -0.2) is 8.42 Å². The Morgan fingerprint density at radius 3 is 2.33 bits per heavy atom. The molecule has 0 spiro atoms. The first-order valence-electron chi connectivity index (χ1n) is 10.8. The number of carbonyl (C=O) groups excluding carboxylic acids is 2. The second kappa shape index (κ2) is 9.94. The van der Waals surface area contributed by atoms with Crippen LogP contribution in [0.1, 0.15) is 16.1 Å². The molecule has 33 heavy (non-hydrogen) atoms. The number of amides is 2. The lowest BCUT2D eigenvalue weighted by molar-refractivity contribution is -0.131. The molecule has 0 bridgehead atoms. The highest BCUT2D eigenvalue weighted by Crippen LogP contribution is 2.29. The summed E-state index contributed by atoms with van der Waals surface area (Å²) in [5.74, 6) is 0.199. The van der Waals surface area contributed by atoms with Gasteiger partial charge in [0.2, 0.25) is 15.9 Å². The number of morpholine rings is 1. The van der Waals surface area contributed by atoms with E-state index >= 15 is 0 Å². The number of hydrogen-bond acceptors (Lipinski definition) is 7. The Kier molecular flexibility index (Phi) is 7.01. The van der Waals surface area contributed by atoms with Crippen LogP contribution in [0.4, 0.5) is 0 Å². The summed E-state index contributed by atoms with van der Waals surface area (Å²) < 4.78 is 43.4. The Balaban J connectivity index is 1.42. The van der Waals surface area contributed by atoms with E-state index in [2.05, 4.69) is 0 Å². The van der Waals surface area contributed by atoms with Gasteiger partial charge in [0.15, 0.2) is 5.76 Å². The summed E-state index contributed by atoms with van der Waals surface area (Å²) in [4.78, 5) is 28.7. The maximum atomic E-state index is 13.2. The zero-order valence-electron chi connectivity index (χ0n) is 18.4. The summed E-state index contributed by atoms with van der Waals surface area (Å²) in [5, 5.41) is 0. The molecule has 2 aliphatic rings. The van der Waals surface area contributed by atoms with E-state index in [0.29, 0.717) is 45.0 Å². The summed E-state index contributed by atoms with van der Waals surface area (Å²) in [7, 11) is -2.36. The first-order valence-corrected chi connectivity index (χ1v) is 12.2. The third-order valence-electron chi connectivity index (χ3n) is 5.82. The van der Waals surface area contributed by atoms with E-state index in [1.165, 1.54) is 23.7 Å². The third kappa shape index (κ3) is 5.05. The van der Waals surface area contributed by atoms with Gasteiger partial charge in [0, 0.05) is 39.3 Å². The molecule has 11 heteroatoms. The van der Waals surface area contributed by atoms with E-state index in [-0.39, 0.29) is 47.7 Å². The van der Waals surface area contributed by atoms with Crippen LogP contribution in [0, 0.1) is 0 Å². The van der Waals surface area contributed by atoms with Gasteiger partial charge in [0.05, 0.1) is 33.0 Å². The number of hydrogen-bond donors (Lipinski definition) is 0. The van der Waals surface area contributed by atoms with Crippen LogP contribution in [0.2, 0.25) is 0 Å². The average molecular weight is 478 g/mol. The molecule has 1 aromatic carbocycles. The second-order valence-corrected chi connectivity index (χ2v) is 9.74. The van der Waals surface area contributed by atoms with Crippen molar-refractivity contribution >= 4 is 21.8 Å². The molecule has 0 saturated carbocycles. The normalized spacial score (nSPS) is 17.7. The molecule has 0 N–H and O–H groups in total. The maximum Gasteiger partial charge on any atom is 0.289 e. The molecule has 2 saturated heterocycles. The number of piperazine rings is 1. The van der Waals surface area contributed by atoms with Crippen LogP contribution in [-0.2, 0) is 26.0 Å². The Morgan fingerprint density at radius 1 is 1.00 bits per heavy atom. The van der Waals surface area contributed by atoms with Gasteiger partial charge in [-0.15, -0.1) is 0 Å². The topological polar surface area (TPSA) is 110 Å². The van der Waals surface area contributed by atoms with Gasteiger partial charge in [-0.1, -0.05) is 6.07 Å². The molecular formula is C22H27N3O7S. The highest BCUT2D eigenvalue weighted by molar-refractivity contribution is 7.89. The van der Waals surface area contributed by atoms with Gasteiger partial charge in [0.1, 0.15) is 10.6 Å². The first-order chi connectivity index (χ1) is 15.9. The zero-order chi connectivity index (χ0) is 23.4. The fourth-order valence-electron chi connectivity index (χ4n) is 3.96. The van der Waals surface area contributed by atoms with Crippen LogP contribution in [-0.4, -0.2) is 93.9 Å². The molecular weight excluding hydrogens is 450 g/mol. The van der Waals surface area contributed by atoms with Crippen LogP contribution in [0.25, 0.3) is 0 Å². The van der Waals surface area contributed by atoms with Gasteiger partial charge in [-0.05, 0) is 29.8 Å². The van der Waals surface area contributed by atoms with E-state index in [9.17, 15) is 18.0 Å². The van der Waals surface area contributed by atoms with Crippen LogP contribution >= 0.6 is 0 Å². The molecule has 2 aliphatic heterocycles. The van der Waals surface area contributed by atoms with Crippen LogP contribution in [0.3, 0.4) is 0 Å². The van der Waals surface area contributed by atoms with Gasteiger partial charge < -0.3 is 23.7 Å². The van der Waals surface area contributed by atoms with E-state index in [0.717, 1.165) is 0 Å². The molecule has 0 radical (unpaired) electrons. The molecule has 0 aliphatic carbocycles. The smallest absolute Gasteiger partial charge is 0.289 e. The van der Waals surface area contributed by atoms with Gasteiger partial charge in [-0.3, -0.25) is 9.59 Å². The zero-order valence-corrected chi connectivity index (χ0v) is 19.3. The van der Waals surface area contributed by atoms with Crippen LogP contribution < -0.4 is 4.74 Å². The van der Waals surface area contributed by atoms with Crippen molar-refractivity contribution in [3.8, 4) is 5.75 Å². The molecule has 3 heterocycles.